The molecule has 0 fully saturated rings. The Bertz CT molecular complexity index is 746. The Morgan fingerprint density at radius 1 is 1.48 bits per heavy atom. The van der Waals surface area contributed by atoms with Crippen molar-refractivity contribution in [1.29, 1.82) is 0 Å². The zero-order valence-corrected chi connectivity index (χ0v) is 12.7. The smallest absolute Gasteiger partial charge is 0.292 e. The van der Waals surface area contributed by atoms with Gasteiger partial charge in [0.1, 0.15) is 12.2 Å². The summed E-state index contributed by atoms with van der Waals surface area (Å²) in [5.41, 5.74) is 2.25. The maximum atomic E-state index is 12.3. The van der Waals surface area contributed by atoms with Crippen molar-refractivity contribution in [2.75, 3.05) is 5.32 Å². The van der Waals surface area contributed by atoms with Gasteiger partial charge in [-0.3, -0.25) is 4.79 Å². The quantitative estimate of drug-likeness (QED) is 0.883. The molecule has 1 N–H and O–H groups in total. The van der Waals surface area contributed by atoms with Gasteiger partial charge in [-0.15, -0.1) is 6.42 Å². The van der Waals surface area contributed by atoms with E-state index >= 15 is 0 Å². The average molecular weight is 302 g/mol. The molecule has 108 valence electrons. The lowest BCUT2D eigenvalue weighted by molar-refractivity contribution is 0.662. The standard InChI is InChI=1S/C16H16ClN3O/c1-4-9-20-16(21)15(14(17)10-18-20)19-12(3)13-8-6-5-7-11(13)2/h1,5-8,10,12,19H,9H2,2-3H3. The Morgan fingerprint density at radius 2 is 2.19 bits per heavy atom. The van der Waals surface area contributed by atoms with Gasteiger partial charge < -0.3 is 5.32 Å². The van der Waals surface area contributed by atoms with Gasteiger partial charge in [0, 0.05) is 6.04 Å². The lowest BCUT2D eigenvalue weighted by Crippen LogP contribution is -2.26. The number of anilines is 1. The van der Waals surface area contributed by atoms with E-state index in [1.807, 2.05) is 38.1 Å². The van der Waals surface area contributed by atoms with Gasteiger partial charge >= 0.3 is 0 Å². The summed E-state index contributed by atoms with van der Waals surface area (Å²) in [6.07, 6.45) is 6.65. The molecular weight excluding hydrogens is 286 g/mol. The molecule has 0 saturated carbocycles. The number of nitrogens with one attached hydrogen (secondary N) is 1. The molecule has 1 aromatic heterocycles. The Labute approximate surface area is 128 Å². The Kier molecular flexibility index (Phi) is 4.66. The van der Waals surface area contributed by atoms with Crippen molar-refractivity contribution in [2.45, 2.75) is 26.4 Å². The van der Waals surface area contributed by atoms with Crippen molar-refractivity contribution < 1.29 is 0 Å². The molecule has 0 bridgehead atoms. The van der Waals surface area contributed by atoms with Gasteiger partial charge in [0.15, 0.2) is 0 Å². The van der Waals surface area contributed by atoms with Crippen molar-refractivity contribution in [1.82, 2.24) is 9.78 Å². The highest BCUT2D eigenvalue weighted by molar-refractivity contribution is 6.33. The normalized spacial score (nSPS) is 11.7. The molecule has 0 aliphatic rings. The molecule has 0 spiro atoms. The second-order valence-corrected chi connectivity index (χ2v) is 5.16. The number of halogens is 1. The predicted octanol–water partition coefficient (Wildman–Crippen LogP) is 3.01. The van der Waals surface area contributed by atoms with Gasteiger partial charge in [-0.2, -0.15) is 5.10 Å². The summed E-state index contributed by atoms with van der Waals surface area (Å²) in [5, 5.41) is 7.36. The first-order valence-electron chi connectivity index (χ1n) is 6.55. The van der Waals surface area contributed by atoms with E-state index in [1.165, 1.54) is 10.9 Å². The molecule has 0 aliphatic heterocycles. The Hall–Kier alpha value is -2.25. The lowest BCUT2D eigenvalue weighted by Gasteiger charge is -2.18. The van der Waals surface area contributed by atoms with E-state index < -0.39 is 0 Å². The van der Waals surface area contributed by atoms with E-state index in [2.05, 4.69) is 16.3 Å². The number of benzene rings is 1. The summed E-state index contributed by atoms with van der Waals surface area (Å²) >= 11 is 6.08. The van der Waals surface area contributed by atoms with Crippen LogP contribution in [0, 0.1) is 19.3 Å². The summed E-state index contributed by atoms with van der Waals surface area (Å²) < 4.78 is 1.21. The van der Waals surface area contributed by atoms with Gasteiger partial charge in [0.05, 0.1) is 11.2 Å². The monoisotopic (exact) mass is 301 g/mol. The van der Waals surface area contributed by atoms with Crippen LogP contribution in [0.1, 0.15) is 24.1 Å². The second-order valence-electron chi connectivity index (χ2n) is 4.76. The van der Waals surface area contributed by atoms with Crippen LogP contribution in [0.3, 0.4) is 0 Å². The maximum Gasteiger partial charge on any atom is 0.292 e. The van der Waals surface area contributed by atoms with E-state index in [4.69, 9.17) is 18.0 Å². The second kappa shape index (κ2) is 6.47. The molecule has 4 nitrogen and oxygen atoms in total. The average Bonchev–Trinajstić information content (AvgIpc) is 2.47. The summed E-state index contributed by atoms with van der Waals surface area (Å²) in [6.45, 7) is 4.12. The van der Waals surface area contributed by atoms with Crippen LogP contribution < -0.4 is 10.9 Å². The fourth-order valence-corrected chi connectivity index (χ4v) is 2.34. The van der Waals surface area contributed by atoms with Gasteiger partial charge in [-0.1, -0.05) is 41.8 Å². The maximum absolute atomic E-state index is 12.3. The molecule has 1 aromatic carbocycles. The largest absolute Gasteiger partial charge is 0.373 e. The molecule has 0 radical (unpaired) electrons. The van der Waals surface area contributed by atoms with Crippen LogP contribution in [-0.2, 0) is 6.54 Å². The Morgan fingerprint density at radius 3 is 2.86 bits per heavy atom. The van der Waals surface area contributed by atoms with Crippen LogP contribution in [-0.4, -0.2) is 9.78 Å². The molecule has 2 rings (SSSR count). The number of aromatic nitrogens is 2. The number of rotatable bonds is 4. The summed E-state index contributed by atoms with van der Waals surface area (Å²) in [6, 6.07) is 7.93. The zero-order chi connectivity index (χ0) is 15.4. The number of hydrogen-bond acceptors (Lipinski definition) is 3. The molecule has 1 atom stereocenters. The summed E-state index contributed by atoms with van der Waals surface area (Å²) in [4.78, 5) is 12.3. The van der Waals surface area contributed by atoms with Crippen LogP contribution >= 0.6 is 11.6 Å². The SMILES string of the molecule is C#CCn1ncc(Cl)c(NC(C)c2ccccc2C)c1=O. The van der Waals surface area contributed by atoms with Crippen molar-refractivity contribution >= 4 is 17.3 Å². The molecule has 2 aromatic rings. The van der Waals surface area contributed by atoms with E-state index in [1.54, 1.807) is 0 Å². The number of nitrogens with zero attached hydrogens (tertiary/aromatic N) is 2. The first kappa shape index (κ1) is 15.1. The molecule has 21 heavy (non-hydrogen) atoms. The van der Waals surface area contributed by atoms with Crippen molar-refractivity contribution in [3.05, 3.63) is 57.0 Å². The van der Waals surface area contributed by atoms with Crippen molar-refractivity contribution in [3.8, 4) is 12.3 Å². The molecule has 5 heteroatoms. The minimum absolute atomic E-state index is 0.0573. The third-order valence-corrected chi connectivity index (χ3v) is 3.54. The van der Waals surface area contributed by atoms with Crippen LogP contribution in [0.2, 0.25) is 5.02 Å². The first-order valence-corrected chi connectivity index (χ1v) is 6.93. The fourth-order valence-electron chi connectivity index (χ4n) is 2.17. The van der Waals surface area contributed by atoms with Crippen LogP contribution in [0.5, 0.6) is 0 Å². The number of terminal acetylenes is 1. The molecule has 1 unspecified atom stereocenters. The number of hydrogen-bond donors (Lipinski definition) is 1. The minimum Gasteiger partial charge on any atom is -0.373 e. The van der Waals surface area contributed by atoms with Gasteiger partial charge in [-0.05, 0) is 25.0 Å². The summed E-state index contributed by atoms with van der Waals surface area (Å²) in [7, 11) is 0. The van der Waals surface area contributed by atoms with Crippen molar-refractivity contribution in [2.24, 2.45) is 0 Å². The molecule has 0 amide bonds. The number of aryl methyl sites for hydroxylation is 1. The first-order chi connectivity index (χ1) is 10.0. The summed E-state index contributed by atoms with van der Waals surface area (Å²) in [5.74, 6) is 2.40. The highest BCUT2D eigenvalue weighted by Gasteiger charge is 2.14. The highest BCUT2D eigenvalue weighted by atomic mass is 35.5. The minimum atomic E-state index is -0.319. The molecule has 0 saturated heterocycles. The lowest BCUT2D eigenvalue weighted by atomic mass is 10.0. The molecule has 0 aliphatic carbocycles. The van der Waals surface area contributed by atoms with Crippen LogP contribution in [0.15, 0.2) is 35.3 Å². The third-order valence-electron chi connectivity index (χ3n) is 3.25. The van der Waals surface area contributed by atoms with Gasteiger partial charge in [-0.25, -0.2) is 4.68 Å². The van der Waals surface area contributed by atoms with E-state index in [9.17, 15) is 4.79 Å². The van der Waals surface area contributed by atoms with E-state index in [0.29, 0.717) is 5.69 Å². The molecule has 1 heterocycles. The predicted molar refractivity (Wildman–Crippen MR) is 85.6 cm³/mol. The zero-order valence-electron chi connectivity index (χ0n) is 11.9. The van der Waals surface area contributed by atoms with Crippen LogP contribution in [0.25, 0.3) is 0 Å². The van der Waals surface area contributed by atoms with Gasteiger partial charge in [0.2, 0.25) is 0 Å². The van der Waals surface area contributed by atoms with Crippen LogP contribution in [0.4, 0.5) is 5.69 Å². The van der Waals surface area contributed by atoms with E-state index in [0.717, 1.165) is 11.1 Å². The Balaban J connectivity index is 2.36. The third kappa shape index (κ3) is 3.26. The topological polar surface area (TPSA) is 46.9 Å². The molecular formula is C16H16ClN3O. The fraction of sp³-hybridized carbons (Fsp3) is 0.250. The van der Waals surface area contributed by atoms with Crippen molar-refractivity contribution in [3.63, 3.8) is 0 Å². The van der Waals surface area contributed by atoms with Gasteiger partial charge in [0.25, 0.3) is 5.56 Å². The highest BCUT2D eigenvalue weighted by Crippen LogP contribution is 2.24. The van der Waals surface area contributed by atoms with E-state index in [-0.39, 0.29) is 23.2 Å².